The van der Waals surface area contributed by atoms with Crippen LogP contribution < -0.4 is 0 Å². The Morgan fingerprint density at radius 1 is 1.16 bits per heavy atom. The van der Waals surface area contributed by atoms with Crippen molar-refractivity contribution in [2.24, 2.45) is 5.41 Å². The Balaban J connectivity index is 2.26. The molecule has 1 aliphatic rings. The van der Waals surface area contributed by atoms with Crippen molar-refractivity contribution < 1.29 is 4.74 Å². The Kier molecular flexibility index (Phi) is 3.83. The fourth-order valence-electron chi connectivity index (χ4n) is 2.66. The molecule has 0 unspecified atom stereocenters. The highest BCUT2D eigenvalue weighted by atomic mass is 32.1. The highest BCUT2D eigenvalue weighted by molar-refractivity contribution is 7.09. The second-order valence-corrected chi connectivity index (χ2v) is 8.51. The highest BCUT2D eigenvalue weighted by Crippen LogP contribution is 2.48. The summed E-state index contributed by atoms with van der Waals surface area (Å²) in [5, 5.41) is 3.38. The number of rotatable bonds is 2. The normalized spacial score (nSPS) is 22.4. The zero-order valence-corrected chi connectivity index (χ0v) is 14.0. The fraction of sp³-hybridized carbons (Fsp3) is 0.812. The number of ether oxygens (including phenoxy) is 1. The monoisotopic (exact) mass is 281 g/mol. The van der Waals surface area contributed by atoms with Crippen LogP contribution in [0.15, 0.2) is 5.38 Å². The van der Waals surface area contributed by atoms with Gasteiger partial charge in [-0.1, -0.05) is 34.6 Å². The van der Waals surface area contributed by atoms with Crippen molar-refractivity contribution in [2.45, 2.75) is 71.3 Å². The summed E-state index contributed by atoms with van der Waals surface area (Å²) in [6, 6.07) is 0. The quantitative estimate of drug-likeness (QED) is 0.770. The minimum Gasteiger partial charge on any atom is -0.371 e. The van der Waals surface area contributed by atoms with E-state index in [1.165, 1.54) is 23.5 Å². The molecule has 0 bridgehead atoms. The van der Waals surface area contributed by atoms with E-state index in [1.54, 1.807) is 11.3 Å². The molecule has 0 atom stereocenters. The van der Waals surface area contributed by atoms with E-state index >= 15 is 0 Å². The molecule has 2 rings (SSSR count). The molecule has 0 saturated heterocycles. The molecule has 1 aliphatic carbocycles. The molecule has 1 heterocycles. The van der Waals surface area contributed by atoms with E-state index in [9.17, 15) is 0 Å². The standard InChI is InChI=1S/C16H27NOS/c1-14(2,3)12-11-19-13(17-12)16(18-6)9-7-15(4,5)8-10-16/h11H,7-10H2,1-6H3. The van der Waals surface area contributed by atoms with Crippen molar-refractivity contribution in [3.8, 4) is 0 Å². The number of hydrogen-bond donors (Lipinski definition) is 0. The topological polar surface area (TPSA) is 22.1 Å². The fourth-order valence-corrected chi connectivity index (χ4v) is 3.95. The summed E-state index contributed by atoms with van der Waals surface area (Å²) in [5.74, 6) is 0. The first-order valence-corrected chi connectivity index (χ1v) is 8.08. The van der Waals surface area contributed by atoms with Gasteiger partial charge in [0.25, 0.3) is 0 Å². The van der Waals surface area contributed by atoms with Crippen molar-refractivity contribution in [2.75, 3.05) is 7.11 Å². The van der Waals surface area contributed by atoms with Gasteiger partial charge < -0.3 is 4.74 Å². The molecule has 0 spiro atoms. The minimum absolute atomic E-state index is 0.123. The van der Waals surface area contributed by atoms with Crippen LogP contribution in [0, 0.1) is 5.41 Å². The maximum Gasteiger partial charge on any atom is 0.125 e. The second kappa shape index (κ2) is 4.85. The van der Waals surface area contributed by atoms with Crippen LogP contribution in [0.25, 0.3) is 0 Å². The molecule has 108 valence electrons. The van der Waals surface area contributed by atoms with Crippen molar-refractivity contribution in [3.63, 3.8) is 0 Å². The first-order valence-electron chi connectivity index (χ1n) is 7.20. The smallest absolute Gasteiger partial charge is 0.125 e. The van der Waals surface area contributed by atoms with Crippen molar-refractivity contribution >= 4 is 11.3 Å². The van der Waals surface area contributed by atoms with Gasteiger partial charge in [-0.25, -0.2) is 4.98 Å². The average Bonchev–Trinajstić information content (AvgIpc) is 2.79. The molecule has 0 aromatic carbocycles. The summed E-state index contributed by atoms with van der Waals surface area (Å²) < 4.78 is 5.93. The van der Waals surface area contributed by atoms with Gasteiger partial charge in [-0.2, -0.15) is 0 Å². The van der Waals surface area contributed by atoms with Crippen molar-refractivity contribution in [1.29, 1.82) is 0 Å². The van der Waals surface area contributed by atoms with Crippen LogP contribution in [0.2, 0.25) is 0 Å². The Morgan fingerprint density at radius 3 is 2.16 bits per heavy atom. The Hall–Kier alpha value is -0.410. The summed E-state index contributed by atoms with van der Waals surface area (Å²) in [6.07, 6.45) is 4.61. The molecule has 0 aliphatic heterocycles. The average molecular weight is 281 g/mol. The molecule has 1 aromatic rings. The molecule has 2 nitrogen and oxygen atoms in total. The number of aromatic nitrogens is 1. The molecule has 3 heteroatoms. The third kappa shape index (κ3) is 3.03. The van der Waals surface area contributed by atoms with Gasteiger partial charge in [0.2, 0.25) is 0 Å². The molecule has 1 fully saturated rings. The number of hydrogen-bond acceptors (Lipinski definition) is 3. The predicted octanol–water partition coefficient (Wildman–Crippen LogP) is 4.88. The lowest BCUT2D eigenvalue weighted by Crippen LogP contribution is -2.36. The zero-order valence-electron chi connectivity index (χ0n) is 13.2. The molecule has 0 N–H and O–H groups in total. The largest absolute Gasteiger partial charge is 0.371 e. The molecule has 1 saturated carbocycles. The lowest BCUT2D eigenvalue weighted by molar-refractivity contribution is -0.0668. The van der Waals surface area contributed by atoms with E-state index in [0.717, 1.165) is 12.8 Å². The first kappa shape index (κ1) is 15.0. The summed E-state index contributed by atoms with van der Waals surface area (Å²) in [6.45, 7) is 11.4. The highest BCUT2D eigenvalue weighted by Gasteiger charge is 2.42. The minimum atomic E-state index is -0.135. The summed E-state index contributed by atoms with van der Waals surface area (Å²) in [5.41, 5.74) is 1.63. The summed E-state index contributed by atoms with van der Waals surface area (Å²) in [4.78, 5) is 4.89. The molecule has 19 heavy (non-hydrogen) atoms. The van der Waals surface area contributed by atoms with Gasteiger partial charge in [0, 0.05) is 17.9 Å². The first-order chi connectivity index (χ1) is 8.69. The predicted molar refractivity (Wildman–Crippen MR) is 81.8 cm³/mol. The van der Waals surface area contributed by atoms with Crippen LogP contribution in [0.5, 0.6) is 0 Å². The van der Waals surface area contributed by atoms with Gasteiger partial charge in [-0.3, -0.25) is 0 Å². The van der Waals surface area contributed by atoms with Gasteiger partial charge >= 0.3 is 0 Å². The van der Waals surface area contributed by atoms with Crippen LogP contribution in [0.3, 0.4) is 0 Å². The van der Waals surface area contributed by atoms with Gasteiger partial charge in [0.15, 0.2) is 0 Å². The molecular weight excluding hydrogens is 254 g/mol. The van der Waals surface area contributed by atoms with Gasteiger partial charge in [0.05, 0.1) is 5.69 Å². The molecule has 1 aromatic heterocycles. The zero-order chi connectivity index (χ0) is 14.3. The summed E-state index contributed by atoms with van der Waals surface area (Å²) >= 11 is 1.77. The van der Waals surface area contributed by atoms with E-state index in [1.807, 2.05) is 7.11 Å². The molecule has 0 radical (unpaired) electrons. The lowest BCUT2D eigenvalue weighted by atomic mass is 9.71. The number of thiazole rings is 1. The van der Waals surface area contributed by atoms with E-state index in [0.29, 0.717) is 5.41 Å². The molecular formula is C16H27NOS. The van der Waals surface area contributed by atoms with Crippen molar-refractivity contribution in [1.82, 2.24) is 4.98 Å². The second-order valence-electron chi connectivity index (χ2n) is 7.65. The maximum absolute atomic E-state index is 5.93. The SMILES string of the molecule is COC1(c2nc(C(C)(C)C)cs2)CCC(C)(C)CC1. The maximum atomic E-state index is 5.93. The Labute approximate surface area is 121 Å². The van der Waals surface area contributed by atoms with E-state index < -0.39 is 0 Å². The number of methoxy groups -OCH3 is 1. The van der Waals surface area contributed by atoms with Crippen LogP contribution in [0.4, 0.5) is 0 Å². The third-order valence-electron chi connectivity index (χ3n) is 4.46. The number of nitrogens with zero attached hydrogens (tertiary/aromatic N) is 1. The van der Waals surface area contributed by atoms with Crippen LogP contribution >= 0.6 is 11.3 Å². The van der Waals surface area contributed by atoms with Crippen molar-refractivity contribution in [3.05, 3.63) is 16.1 Å². The summed E-state index contributed by atoms with van der Waals surface area (Å²) in [7, 11) is 1.84. The van der Waals surface area contributed by atoms with E-state index in [-0.39, 0.29) is 11.0 Å². The lowest BCUT2D eigenvalue weighted by Gasteiger charge is -2.41. The van der Waals surface area contributed by atoms with Crippen LogP contribution in [-0.4, -0.2) is 12.1 Å². The van der Waals surface area contributed by atoms with Crippen LogP contribution in [0.1, 0.15) is 71.0 Å². The molecule has 0 amide bonds. The van der Waals surface area contributed by atoms with Gasteiger partial charge in [-0.15, -0.1) is 11.3 Å². The van der Waals surface area contributed by atoms with Crippen LogP contribution in [-0.2, 0) is 15.8 Å². The van der Waals surface area contributed by atoms with E-state index in [2.05, 4.69) is 40.0 Å². The Morgan fingerprint density at radius 2 is 1.74 bits per heavy atom. The Bertz CT molecular complexity index is 432. The van der Waals surface area contributed by atoms with Gasteiger partial charge in [0.1, 0.15) is 10.6 Å². The third-order valence-corrected chi connectivity index (χ3v) is 5.49. The van der Waals surface area contributed by atoms with Gasteiger partial charge in [-0.05, 0) is 31.1 Å². The van der Waals surface area contributed by atoms with E-state index in [4.69, 9.17) is 9.72 Å².